The van der Waals surface area contributed by atoms with E-state index in [0.717, 1.165) is 24.2 Å². The SMILES string of the molecule is CSc1ccc(S(=O)(=O)NC[C@H]2CC[C@@H](N)C2)cc1. The van der Waals surface area contributed by atoms with Crippen LogP contribution in [0.2, 0.25) is 0 Å². The second-order valence-corrected chi connectivity index (χ2v) is 7.61. The van der Waals surface area contributed by atoms with Gasteiger partial charge in [-0.3, -0.25) is 0 Å². The van der Waals surface area contributed by atoms with Gasteiger partial charge in [0.05, 0.1) is 4.90 Å². The van der Waals surface area contributed by atoms with Crippen molar-refractivity contribution in [3.8, 4) is 0 Å². The van der Waals surface area contributed by atoms with E-state index in [9.17, 15) is 8.42 Å². The van der Waals surface area contributed by atoms with Gasteiger partial charge in [-0.15, -0.1) is 11.8 Å². The number of benzene rings is 1. The Morgan fingerprint density at radius 3 is 2.53 bits per heavy atom. The average molecular weight is 300 g/mol. The molecular weight excluding hydrogens is 280 g/mol. The maximum absolute atomic E-state index is 12.1. The summed E-state index contributed by atoms with van der Waals surface area (Å²) >= 11 is 1.59. The summed E-state index contributed by atoms with van der Waals surface area (Å²) in [5.41, 5.74) is 5.83. The van der Waals surface area contributed by atoms with Crippen LogP contribution in [-0.2, 0) is 10.0 Å². The molecule has 0 radical (unpaired) electrons. The molecule has 19 heavy (non-hydrogen) atoms. The first-order chi connectivity index (χ1) is 9.01. The summed E-state index contributed by atoms with van der Waals surface area (Å²) in [6.07, 6.45) is 4.88. The van der Waals surface area contributed by atoms with Crippen molar-refractivity contribution < 1.29 is 8.42 Å². The molecule has 0 spiro atoms. The van der Waals surface area contributed by atoms with Crippen molar-refractivity contribution in [1.82, 2.24) is 4.72 Å². The van der Waals surface area contributed by atoms with Gasteiger partial charge in [0, 0.05) is 17.5 Å². The van der Waals surface area contributed by atoms with Crippen molar-refractivity contribution in [1.29, 1.82) is 0 Å². The normalized spacial score (nSPS) is 23.7. The van der Waals surface area contributed by atoms with Crippen LogP contribution in [0.15, 0.2) is 34.1 Å². The predicted molar refractivity (Wildman–Crippen MR) is 78.7 cm³/mol. The molecule has 0 heterocycles. The fourth-order valence-corrected chi connectivity index (χ4v) is 3.89. The highest BCUT2D eigenvalue weighted by Gasteiger charge is 2.23. The van der Waals surface area contributed by atoms with E-state index in [2.05, 4.69) is 4.72 Å². The van der Waals surface area contributed by atoms with E-state index >= 15 is 0 Å². The molecule has 0 bridgehead atoms. The molecule has 0 unspecified atom stereocenters. The molecule has 2 atom stereocenters. The Kier molecular flexibility index (Phi) is 4.89. The number of nitrogens with two attached hydrogens (primary N) is 1. The predicted octanol–water partition coefficient (Wildman–Crippen LogP) is 1.81. The number of hydrogen-bond donors (Lipinski definition) is 2. The molecular formula is C13H20N2O2S2. The highest BCUT2D eigenvalue weighted by Crippen LogP contribution is 2.24. The molecule has 1 aliphatic carbocycles. The van der Waals surface area contributed by atoms with Crippen LogP contribution in [0.25, 0.3) is 0 Å². The van der Waals surface area contributed by atoms with E-state index in [0.29, 0.717) is 17.4 Å². The van der Waals surface area contributed by atoms with Crippen LogP contribution in [0, 0.1) is 5.92 Å². The van der Waals surface area contributed by atoms with E-state index < -0.39 is 10.0 Å². The van der Waals surface area contributed by atoms with Crippen LogP contribution in [0.3, 0.4) is 0 Å². The average Bonchev–Trinajstić information content (AvgIpc) is 2.82. The van der Waals surface area contributed by atoms with Crippen LogP contribution in [0.4, 0.5) is 0 Å². The van der Waals surface area contributed by atoms with Crippen LogP contribution in [0.1, 0.15) is 19.3 Å². The van der Waals surface area contributed by atoms with Crippen molar-refractivity contribution in [2.75, 3.05) is 12.8 Å². The Balaban J connectivity index is 1.97. The van der Waals surface area contributed by atoms with Gasteiger partial charge < -0.3 is 5.73 Å². The maximum atomic E-state index is 12.1. The van der Waals surface area contributed by atoms with Crippen LogP contribution >= 0.6 is 11.8 Å². The second-order valence-electron chi connectivity index (χ2n) is 4.97. The van der Waals surface area contributed by atoms with Gasteiger partial charge in [0.2, 0.25) is 10.0 Å². The van der Waals surface area contributed by atoms with Gasteiger partial charge >= 0.3 is 0 Å². The highest BCUT2D eigenvalue weighted by atomic mass is 32.2. The minimum Gasteiger partial charge on any atom is -0.328 e. The first-order valence-electron chi connectivity index (χ1n) is 6.40. The smallest absolute Gasteiger partial charge is 0.240 e. The zero-order chi connectivity index (χ0) is 13.9. The molecule has 1 aliphatic rings. The van der Waals surface area contributed by atoms with Gasteiger partial charge in [0.25, 0.3) is 0 Å². The summed E-state index contributed by atoms with van der Waals surface area (Å²) in [7, 11) is -3.39. The molecule has 0 amide bonds. The van der Waals surface area contributed by atoms with E-state index in [-0.39, 0.29) is 6.04 Å². The standard InChI is InChI=1S/C13H20N2O2S2/c1-18-12-4-6-13(7-5-12)19(16,17)15-9-10-2-3-11(14)8-10/h4-7,10-11,15H,2-3,8-9,14H2,1H3/t10-,11+/m0/s1. The number of sulfonamides is 1. The Hall–Kier alpha value is -0.560. The Bertz CT molecular complexity index is 514. The number of thioether (sulfide) groups is 1. The van der Waals surface area contributed by atoms with Crippen molar-refractivity contribution in [2.45, 2.75) is 35.1 Å². The number of nitrogens with one attached hydrogen (secondary N) is 1. The highest BCUT2D eigenvalue weighted by molar-refractivity contribution is 7.98. The number of rotatable bonds is 5. The van der Waals surface area contributed by atoms with Gasteiger partial charge in [-0.1, -0.05) is 0 Å². The van der Waals surface area contributed by atoms with Gasteiger partial charge in [-0.25, -0.2) is 13.1 Å². The Labute approximate surface area is 119 Å². The lowest BCUT2D eigenvalue weighted by atomic mass is 10.1. The summed E-state index contributed by atoms with van der Waals surface area (Å²) in [6, 6.07) is 7.17. The molecule has 1 saturated carbocycles. The van der Waals surface area contributed by atoms with Crippen molar-refractivity contribution in [2.24, 2.45) is 11.7 Å². The molecule has 3 N–H and O–H groups in total. The quantitative estimate of drug-likeness (QED) is 0.814. The molecule has 0 aliphatic heterocycles. The third kappa shape index (κ3) is 3.95. The van der Waals surface area contributed by atoms with Crippen LogP contribution in [0.5, 0.6) is 0 Å². The van der Waals surface area contributed by atoms with Gasteiger partial charge in [-0.2, -0.15) is 0 Å². The van der Waals surface area contributed by atoms with E-state index in [1.54, 1.807) is 23.9 Å². The maximum Gasteiger partial charge on any atom is 0.240 e. The first kappa shape index (κ1) is 14.8. The third-order valence-corrected chi connectivity index (χ3v) is 5.70. The monoisotopic (exact) mass is 300 g/mol. The molecule has 1 fully saturated rings. The molecule has 2 rings (SSSR count). The van der Waals surface area contributed by atoms with E-state index in [1.807, 2.05) is 18.4 Å². The molecule has 106 valence electrons. The molecule has 0 aromatic heterocycles. The van der Waals surface area contributed by atoms with E-state index in [4.69, 9.17) is 5.73 Å². The van der Waals surface area contributed by atoms with Gasteiger partial charge in [0.1, 0.15) is 0 Å². The molecule has 1 aromatic carbocycles. The minimum atomic E-state index is -3.39. The summed E-state index contributed by atoms with van der Waals surface area (Å²) in [5, 5.41) is 0. The van der Waals surface area contributed by atoms with Gasteiger partial charge in [0.15, 0.2) is 0 Å². The van der Waals surface area contributed by atoms with Crippen LogP contribution in [-0.4, -0.2) is 27.3 Å². The molecule has 1 aromatic rings. The third-order valence-electron chi connectivity index (χ3n) is 3.51. The summed E-state index contributed by atoms with van der Waals surface area (Å²) < 4.78 is 26.9. The zero-order valence-corrected chi connectivity index (χ0v) is 12.6. The van der Waals surface area contributed by atoms with Crippen LogP contribution < -0.4 is 10.5 Å². The largest absolute Gasteiger partial charge is 0.328 e. The molecule has 6 heteroatoms. The molecule has 4 nitrogen and oxygen atoms in total. The van der Waals surface area contributed by atoms with Gasteiger partial charge in [-0.05, 0) is 55.7 Å². The lowest BCUT2D eigenvalue weighted by Crippen LogP contribution is -2.29. The fourth-order valence-electron chi connectivity index (χ4n) is 2.36. The van der Waals surface area contributed by atoms with E-state index in [1.165, 1.54) is 0 Å². The Morgan fingerprint density at radius 1 is 1.32 bits per heavy atom. The first-order valence-corrected chi connectivity index (χ1v) is 9.11. The van der Waals surface area contributed by atoms with Crippen molar-refractivity contribution >= 4 is 21.8 Å². The fraction of sp³-hybridized carbons (Fsp3) is 0.538. The second kappa shape index (κ2) is 6.26. The zero-order valence-electron chi connectivity index (χ0n) is 11.0. The summed E-state index contributed by atoms with van der Waals surface area (Å²) in [4.78, 5) is 1.38. The Morgan fingerprint density at radius 2 is 2.00 bits per heavy atom. The molecule has 0 saturated heterocycles. The van der Waals surface area contributed by atoms with Crippen molar-refractivity contribution in [3.05, 3.63) is 24.3 Å². The number of hydrogen-bond acceptors (Lipinski definition) is 4. The summed E-state index contributed by atoms with van der Waals surface area (Å²) in [5.74, 6) is 0.371. The summed E-state index contributed by atoms with van der Waals surface area (Å²) in [6.45, 7) is 0.486. The topological polar surface area (TPSA) is 72.2 Å². The lowest BCUT2D eigenvalue weighted by Gasteiger charge is -2.11. The van der Waals surface area contributed by atoms with Crippen molar-refractivity contribution in [3.63, 3.8) is 0 Å². The lowest BCUT2D eigenvalue weighted by molar-refractivity contribution is 0.512. The minimum absolute atomic E-state index is 0.232.